The SMILES string of the molecule is Cc1ccc(S(=O)(=O)N(CC(=O)NC(C)c2ccc3c(c2)OCCO3)c2ccc(C(C)C)cc2)cc1. The van der Waals surface area contributed by atoms with Crippen LogP contribution in [0, 0.1) is 6.92 Å². The second-order valence-electron chi connectivity index (χ2n) is 9.26. The van der Waals surface area contributed by atoms with Crippen molar-refractivity contribution in [2.24, 2.45) is 0 Å². The van der Waals surface area contributed by atoms with Gasteiger partial charge >= 0.3 is 0 Å². The number of carbonyl (C=O) groups is 1. The number of nitrogens with zero attached hydrogens (tertiary/aromatic N) is 1. The maximum atomic E-state index is 13.6. The van der Waals surface area contributed by atoms with E-state index >= 15 is 0 Å². The highest BCUT2D eigenvalue weighted by Crippen LogP contribution is 2.33. The number of fused-ring (bicyclic) bond motifs is 1. The molecular formula is C28H32N2O5S. The van der Waals surface area contributed by atoms with Crippen molar-refractivity contribution in [3.05, 3.63) is 83.4 Å². The third kappa shape index (κ3) is 5.65. The normalized spacial score (nSPS) is 13.8. The van der Waals surface area contributed by atoms with E-state index in [9.17, 15) is 13.2 Å². The van der Waals surface area contributed by atoms with Gasteiger partial charge < -0.3 is 14.8 Å². The van der Waals surface area contributed by atoms with Gasteiger partial charge in [-0.25, -0.2) is 8.42 Å². The molecule has 4 rings (SSSR count). The Morgan fingerprint density at radius 1 is 0.889 bits per heavy atom. The lowest BCUT2D eigenvalue weighted by Crippen LogP contribution is -2.41. The summed E-state index contributed by atoms with van der Waals surface area (Å²) in [5.41, 5.74) is 3.31. The Labute approximate surface area is 213 Å². The van der Waals surface area contributed by atoms with E-state index in [0.717, 1.165) is 21.0 Å². The molecule has 190 valence electrons. The van der Waals surface area contributed by atoms with Crippen LogP contribution < -0.4 is 19.1 Å². The molecule has 3 aromatic carbocycles. The average Bonchev–Trinajstić information content (AvgIpc) is 2.87. The predicted molar refractivity (Wildman–Crippen MR) is 140 cm³/mol. The summed E-state index contributed by atoms with van der Waals surface area (Å²) in [6, 6.07) is 19.1. The number of sulfonamides is 1. The van der Waals surface area contributed by atoms with Crippen LogP contribution in [0.15, 0.2) is 71.6 Å². The van der Waals surface area contributed by atoms with Crippen molar-refractivity contribution in [3.63, 3.8) is 0 Å². The molecule has 1 unspecified atom stereocenters. The maximum absolute atomic E-state index is 13.6. The van der Waals surface area contributed by atoms with Crippen LogP contribution in [0.3, 0.4) is 0 Å². The first-order valence-electron chi connectivity index (χ1n) is 12.0. The summed E-state index contributed by atoms with van der Waals surface area (Å²) in [5, 5.41) is 2.92. The highest BCUT2D eigenvalue weighted by Gasteiger charge is 2.28. The number of nitrogens with one attached hydrogen (secondary N) is 1. The van der Waals surface area contributed by atoms with E-state index in [2.05, 4.69) is 19.2 Å². The van der Waals surface area contributed by atoms with Gasteiger partial charge in [0.1, 0.15) is 19.8 Å². The van der Waals surface area contributed by atoms with Crippen LogP contribution in [0.4, 0.5) is 5.69 Å². The molecule has 1 N–H and O–H groups in total. The Bertz CT molecular complexity index is 1320. The smallest absolute Gasteiger partial charge is 0.264 e. The first kappa shape index (κ1) is 25.6. The predicted octanol–water partition coefficient (Wildman–Crippen LogP) is 4.96. The van der Waals surface area contributed by atoms with Crippen LogP contribution in [0.5, 0.6) is 11.5 Å². The molecule has 7 nitrogen and oxygen atoms in total. The molecule has 0 spiro atoms. The summed E-state index contributed by atoms with van der Waals surface area (Å²) in [7, 11) is -3.98. The van der Waals surface area contributed by atoms with Gasteiger partial charge in [0.25, 0.3) is 10.0 Å². The molecule has 1 atom stereocenters. The first-order chi connectivity index (χ1) is 17.1. The second kappa shape index (κ2) is 10.6. The minimum absolute atomic E-state index is 0.133. The average molecular weight is 509 g/mol. The molecule has 0 aromatic heterocycles. The van der Waals surface area contributed by atoms with Crippen molar-refractivity contribution in [2.75, 3.05) is 24.1 Å². The van der Waals surface area contributed by atoms with Gasteiger partial charge in [0, 0.05) is 0 Å². The van der Waals surface area contributed by atoms with E-state index in [4.69, 9.17) is 9.47 Å². The van der Waals surface area contributed by atoms with Gasteiger partial charge in [0.15, 0.2) is 11.5 Å². The number of hydrogen-bond donors (Lipinski definition) is 1. The molecule has 1 amide bonds. The van der Waals surface area contributed by atoms with Crippen LogP contribution in [0.2, 0.25) is 0 Å². The fourth-order valence-corrected chi connectivity index (χ4v) is 5.43. The summed E-state index contributed by atoms with van der Waals surface area (Å²) in [4.78, 5) is 13.3. The number of ether oxygens (including phenoxy) is 2. The van der Waals surface area contributed by atoms with Crippen molar-refractivity contribution in [2.45, 2.75) is 44.6 Å². The first-order valence-corrected chi connectivity index (χ1v) is 13.5. The number of aryl methyl sites for hydroxylation is 1. The molecule has 0 fully saturated rings. The summed E-state index contributed by atoms with van der Waals surface area (Å²) in [6.45, 7) is 8.50. The van der Waals surface area contributed by atoms with Crippen LogP contribution in [-0.2, 0) is 14.8 Å². The minimum atomic E-state index is -3.98. The van der Waals surface area contributed by atoms with Crippen LogP contribution in [0.1, 0.15) is 49.4 Å². The topological polar surface area (TPSA) is 84.9 Å². The molecule has 0 saturated carbocycles. The third-order valence-corrected chi connectivity index (χ3v) is 7.98. The Hall–Kier alpha value is -3.52. The van der Waals surface area contributed by atoms with E-state index < -0.39 is 15.9 Å². The Balaban J connectivity index is 1.58. The molecule has 8 heteroatoms. The monoisotopic (exact) mass is 508 g/mol. The lowest BCUT2D eigenvalue weighted by molar-refractivity contribution is -0.120. The van der Waals surface area contributed by atoms with Gasteiger partial charge in [-0.3, -0.25) is 9.10 Å². The number of anilines is 1. The highest BCUT2D eigenvalue weighted by atomic mass is 32.2. The van der Waals surface area contributed by atoms with E-state index in [-0.39, 0.29) is 17.5 Å². The number of amides is 1. The van der Waals surface area contributed by atoms with E-state index in [1.807, 2.05) is 44.2 Å². The number of hydrogen-bond acceptors (Lipinski definition) is 5. The van der Waals surface area contributed by atoms with Crippen LogP contribution >= 0.6 is 0 Å². The van der Waals surface area contributed by atoms with Crippen LogP contribution in [0.25, 0.3) is 0 Å². The fraction of sp³-hybridized carbons (Fsp3) is 0.321. The summed E-state index contributed by atoms with van der Waals surface area (Å²) < 4.78 is 39.6. The van der Waals surface area contributed by atoms with E-state index in [0.29, 0.717) is 36.3 Å². The van der Waals surface area contributed by atoms with Gasteiger partial charge in [-0.05, 0) is 67.3 Å². The largest absolute Gasteiger partial charge is 0.486 e. The molecule has 3 aromatic rings. The molecular weight excluding hydrogens is 476 g/mol. The van der Waals surface area contributed by atoms with Crippen molar-refractivity contribution in [1.29, 1.82) is 0 Å². The van der Waals surface area contributed by atoms with E-state index in [1.165, 1.54) is 0 Å². The summed E-state index contributed by atoms with van der Waals surface area (Å²) in [5.74, 6) is 1.19. The van der Waals surface area contributed by atoms with Gasteiger partial charge in [-0.2, -0.15) is 0 Å². The quantitative estimate of drug-likeness (QED) is 0.465. The number of benzene rings is 3. The molecule has 0 bridgehead atoms. The zero-order chi connectivity index (χ0) is 25.9. The molecule has 1 aliphatic heterocycles. The molecule has 0 aliphatic carbocycles. The van der Waals surface area contributed by atoms with Gasteiger partial charge in [-0.15, -0.1) is 0 Å². The van der Waals surface area contributed by atoms with E-state index in [1.54, 1.807) is 36.4 Å². The van der Waals surface area contributed by atoms with Gasteiger partial charge in [0.2, 0.25) is 5.91 Å². The second-order valence-corrected chi connectivity index (χ2v) is 11.1. The van der Waals surface area contributed by atoms with Gasteiger partial charge in [0.05, 0.1) is 16.6 Å². The zero-order valence-corrected chi connectivity index (χ0v) is 21.8. The van der Waals surface area contributed by atoms with Crippen molar-refractivity contribution < 1.29 is 22.7 Å². The van der Waals surface area contributed by atoms with Gasteiger partial charge in [-0.1, -0.05) is 49.7 Å². The molecule has 1 aliphatic rings. The molecule has 36 heavy (non-hydrogen) atoms. The summed E-state index contributed by atoms with van der Waals surface area (Å²) >= 11 is 0. The third-order valence-electron chi connectivity index (χ3n) is 6.19. The van der Waals surface area contributed by atoms with Crippen molar-refractivity contribution >= 4 is 21.6 Å². The maximum Gasteiger partial charge on any atom is 0.264 e. The molecule has 0 radical (unpaired) electrons. The number of rotatable bonds is 8. The highest BCUT2D eigenvalue weighted by molar-refractivity contribution is 7.92. The summed E-state index contributed by atoms with van der Waals surface area (Å²) in [6.07, 6.45) is 0. The number of carbonyl (C=O) groups excluding carboxylic acids is 1. The van der Waals surface area contributed by atoms with Crippen molar-refractivity contribution in [3.8, 4) is 11.5 Å². The fourth-order valence-electron chi connectivity index (χ4n) is 4.01. The molecule has 0 saturated heterocycles. The standard InChI is InChI=1S/C28H32N2O5S/c1-19(2)22-7-10-24(11-8-22)30(36(32,33)25-12-5-20(3)6-13-25)18-28(31)29-21(4)23-9-14-26-27(17-23)35-16-15-34-26/h5-14,17,19,21H,15-16,18H2,1-4H3,(H,29,31). The Morgan fingerprint density at radius 3 is 2.14 bits per heavy atom. The lowest BCUT2D eigenvalue weighted by Gasteiger charge is -2.26. The lowest BCUT2D eigenvalue weighted by atomic mass is 10.0. The Kier molecular flexibility index (Phi) is 7.54. The Morgan fingerprint density at radius 2 is 1.50 bits per heavy atom. The molecule has 1 heterocycles. The van der Waals surface area contributed by atoms with Crippen LogP contribution in [-0.4, -0.2) is 34.1 Å². The van der Waals surface area contributed by atoms with Crippen molar-refractivity contribution in [1.82, 2.24) is 5.32 Å². The zero-order valence-electron chi connectivity index (χ0n) is 21.0. The minimum Gasteiger partial charge on any atom is -0.486 e.